The highest BCUT2D eigenvalue weighted by molar-refractivity contribution is 5.94. The first kappa shape index (κ1) is 19.5. The number of halogens is 3. The first-order chi connectivity index (χ1) is 13.3. The minimum Gasteiger partial charge on any atom is -0.493 e. The third kappa shape index (κ3) is 4.33. The number of ether oxygens (including phenoxy) is 1. The van der Waals surface area contributed by atoms with E-state index in [0.29, 0.717) is 6.54 Å². The Hall–Kier alpha value is -3.29. The summed E-state index contributed by atoms with van der Waals surface area (Å²) in [6.45, 7) is 2.26. The lowest BCUT2D eigenvalue weighted by molar-refractivity contribution is -0.137. The molecular formula is C20H18F3N3O2. The standard InChI is InChI=1S/C20H18F3N3O2/c1-13-6-8-14(9-7-13)11-24-19(27)18-17(28-2)12-26(25-18)16-5-3-4-15(10-16)20(21,22)23/h3-10,12H,11H2,1-2H3,(H,24,27). The van der Waals surface area contributed by atoms with Crippen LogP contribution in [-0.2, 0) is 12.7 Å². The zero-order chi connectivity index (χ0) is 20.3. The third-order valence-electron chi connectivity index (χ3n) is 4.13. The average molecular weight is 389 g/mol. The molecule has 0 fully saturated rings. The fourth-order valence-corrected chi connectivity index (χ4v) is 2.59. The SMILES string of the molecule is COc1cn(-c2cccc(C(F)(F)F)c2)nc1C(=O)NCc1ccc(C)cc1. The van der Waals surface area contributed by atoms with Crippen molar-refractivity contribution in [3.8, 4) is 11.4 Å². The van der Waals surface area contributed by atoms with Crippen LogP contribution in [0.2, 0.25) is 0 Å². The van der Waals surface area contributed by atoms with Gasteiger partial charge in [-0.05, 0) is 30.7 Å². The summed E-state index contributed by atoms with van der Waals surface area (Å²) in [5, 5.41) is 6.85. The molecule has 3 rings (SSSR count). The monoisotopic (exact) mass is 389 g/mol. The Morgan fingerprint density at radius 1 is 1.18 bits per heavy atom. The number of nitrogens with one attached hydrogen (secondary N) is 1. The van der Waals surface area contributed by atoms with Crippen molar-refractivity contribution in [2.45, 2.75) is 19.6 Å². The minimum atomic E-state index is -4.47. The number of methoxy groups -OCH3 is 1. The molecule has 1 N–H and O–H groups in total. The summed E-state index contributed by atoms with van der Waals surface area (Å²) in [6.07, 6.45) is -3.10. The lowest BCUT2D eigenvalue weighted by Gasteiger charge is -2.08. The molecule has 0 aliphatic carbocycles. The number of alkyl halides is 3. The number of aromatic nitrogens is 2. The number of carbonyl (C=O) groups excluding carboxylic acids is 1. The first-order valence-electron chi connectivity index (χ1n) is 8.43. The molecule has 146 valence electrons. The normalized spacial score (nSPS) is 11.3. The van der Waals surface area contributed by atoms with Crippen molar-refractivity contribution >= 4 is 5.91 Å². The van der Waals surface area contributed by atoms with Gasteiger partial charge >= 0.3 is 6.18 Å². The van der Waals surface area contributed by atoms with Crippen LogP contribution in [-0.4, -0.2) is 22.8 Å². The van der Waals surface area contributed by atoms with Gasteiger partial charge in [0, 0.05) is 6.54 Å². The van der Waals surface area contributed by atoms with E-state index in [-0.39, 0.29) is 17.1 Å². The van der Waals surface area contributed by atoms with Crippen molar-refractivity contribution in [3.63, 3.8) is 0 Å². The highest BCUT2D eigenvalue weighted by atomic mass is 19.4. The summed E-state index contributed by atoms with van der Waals surface area (Å²) in [4.78, 5) is 12.5. The van der Waals surface area contributed by atoms with Crippen LogP contribution in [0.15, 0.2) is 54.7 Å². The second kappa shape index (κ2) is 7.75. The summed E-state index contributed by atoms with van der Waals surface area (Å²) in [5.74, 6) is -0.318. The molecule has 28 heavy (non-hydrogen) atoms. The molecule has 0 aliphatic rings. The number of nitrogens with zero attached hydrogens (tertiary/aromatic N) is 2. The third-order valence-corrected chi connectivity index (χ3v) is 4.13. The van der Waals surface area contributed by atoms with Crippen molar-refractivity contribution in [2.75, 3.05) is 7.11 Å². The Bertz CT molecular complexity index is 979. The average Bonchev–Trinajstić information content (AvgIpc) is 3.11. The van der Waals surface area contributed by atoms with Crippen LogP contribution in [0.25, 0.3) is 5.69 Å². The van der Waals surface area contributed by atoms with E-state index >= 15 is 0 Å². The fraction of sp³-hybridized carbons (Fsp3) is 0.200. The highest BCUT2D eigenvalue weighted by Crippen LogP contribution is 2.30. The van der Waals surface area contributed by atoms with Crippen LogP contribution in [0.3, 0.4) is 0 Å². The maximum Gasteiger partial charge on any atom is 0.416 e. The van der Waals surface area contributed by atoms with Gasteiger partial charge in [0.15, 0.2) is 11.4 Å². The molecule has 1 amide bonds. The largest absolute Gasteiger partial charge is 0.493 e. The topological polar surface area (TPSA) is 56.2 Å². The fourth-order valence-electron chi connectivity index (χ4n) is 2.59. The smallest absolute Gasteiger partial charge is 0.416 e. The van der Waals surface area contributed by atoms with E-state index in [1.54, 1.807) is 0 Å². The lowest BCUT2D eigenvalue weighted by Crippen LogP contribution is -2.24. The zero-order valence-corrected chi connectivity index (χ0v) is 15.2. The van der Waals surface area contributed by atoms with Crippen LogP contribution in [0, 0.1) is 6.92 Å². The van der Waals surface area contributed by atoms with Crippen molar-refractivity contribution in [1.29, 1.82) is 0 Å². The second-order valence-corrected chi connectivity index (χ2v) is 6.21. The van der Waals surface area contributed by atoms with Gasteiger partial charge in [0.1, 0.15) is 0 Å². The van der Waals surface area contributed by atoms with Crippen LogP contribution in [0.4, 0.5) is 13.2 Å². The summed E-state index contributed by atoms with van der Waals surface area (Å²) >= 11 is 0. The van der Waals surface area contributed by atoms with E-state index < -0.39 is 17.6 Å². The van der Waals surface area contributed by atoms with E-state index in [1.165, 1.54) is 30.1 Å². The summed E-state index contributed by atoms with van der Waals surface area (Å²) in [7, 11) is 1.37. The Morgan fingerprint density at radius 2 is 1.89 bits per heavy atom. The van der Waals surface area contributed by atoms with Gasteiger partial charge in [-0.2, -0.15) is 18.3 Å². The molecule has 0 atom stereocenters. The molecular weight excluding hydrogens is 371 g/mol. The van der Waals surface area contributed by atoms with Crippen LogP contribution < -0.4 is 10.1 Å². The van der Waals surface area contributed by atoms with Crippen LogP contribution in [0.5, 0.6) is 5.75 Å². The van der Waals surface area contributed by atoms with E-state index in [2.05, 4.69) is 10.4 Å². The molecule has 2 aromatic carbocycles. The number of rotatable bonds is 5. The molecule has 0 aliphatic heterocycles. The van der Waals surface area contributed by atoms with Gasteiger partial charge in [0.05, 0.1) is 24.6 Å². The highest BCUT2D eigenvalue weighted by Gasteiger charge is 2.30. The van der Waals surface area contributed by atoms with Crippen molar-refractivity contribution < 1.29 is 22.7 Å². The Balaban J connectivity index is 1.82. The predicted molar refractivity (Wildman–Crippen MR) is 97.5 cm³/mol. The maximum atomic E-state index is 12.9. The quantitative estimate of drug-likeness (QED) is 0.714. The van der Waals surface area contributed by atoms with E-state index in [1.807, 2.05) is 31.2 Å². The molecule has 1 heterocycles. The number of hydrogen-bond acceptors (Lipinski definition) is 3. The van der Waals surface area contributed by atoms with Gasteiger partial charge < -0.3 is 10.1 Å². The molecule has 0 saturated carbocycles. The summed E-state index contributed by atoms with van der Waals surface area (Å²) in [5.41, 5.74) is 1.38. The van der Waals surface area contributed by atoms with Gasteiger partial charge in [-0.15, -0.1) is 0 Å². The number of amides is 1. The summed E-state index contributed by atoms with van der Waals surface area (Å²) < 4.78 is 45.1. The molecule has 3 aromatic rings. The maximum absolute atomic E-state index is 12.9. The molecule has 0 unspecified atom stereocenters. The number of benzene rings is 2. The number of carbonyl (C=O) groups is 1. The number of hydrogen-bond donors (Lipinski definition) is 1. The van der Waals surface area contributed by atoms with Gasteiger partial charge in [-0.1, -0.05) is 35.9 Å². The van der Waals surface area contributed by atoms with Gasteiger partial charge in [0.2, 0.25) is 0 Å². The van der Waals surface area contributed by atoms with Crippen LogP contribution in [0.1, 0.15) is 27.2 Å². The molecule has 0 bridgehead atoms. The molecule has 0 saturated heterocycles. The minimum absolute atomic E-state index is 0.00739. The van der Waals surface area contributed by atoms with E-state index in [0.717, 1.165) is 23.3 Å². The van der Waals surface area contributed by atoms with Crippen molar-refractivity contribution in [3.05, 3.63) is 77.1 Å². The molecule has 0 radical (unpaired) electrons. The Morgan fingerprint density at radius 3 is 2.54 bits per heavy atom. The second-order valence-electron chi connectivity index (χ2n) is 6.21. The van der Waals surface area contributed by atoms with E-state index in [9.17, 15) is 18.0 Å². The van der Waals surface area contributed by atoms with Crippen LogP contribution >= 0.6 is 0 Å². The predicted octanol–water partition coefficient (Wildman–Crippen LogP) is 4.14. The van der Waals surface area contributed by atoms with Gasteiger partial charge in [-0.3, -0.25) is 4.79 Å². The van der Waals surface area contributed by atoms with E-state index in [4.69, 9.17) is 4.74 Å². The number of aryl methyl sites for hydroxylation is 1. The summed E-state index contributed by atoms with van der Waals surface area (Å²) in [6, 6.07) is 12.3. The van der Waals surface area contributed by atoms with Gasteiger partial charge in [-0.25, -0.2) is 4.68 Å². The van der Waals surface area contributed by atoms with Crippen molar-refractivity contribution in [1.82, 2.24) is 15.1 Å². The molecule has 1 aromatic heterocycles. The Kier molecular flexibility index (Phi) is 5.39. The zero-order valence-electron chi connectivity index (χ0n) is 15.2. The molecule has 8 heteroatoms. The lowest BCUT2D eigenvalue weighted by atomic mass is 10.1. The van der Waals surface area contributed by atoms with Crippen molar-refractivity contribution in [2.24, 2.45) is 0 Å². The molecule has 5 nitrogen and oxygen atoms in total. The first-order valence-corrected chi connectivity index (χ1v) is 8.43. The molecule has 0 spiro atoms. The van der Waals surface area contributed by atoms with Gasteiger partial charge in [0.25, 0.3) is 5.91 Å². The Labute approximate surface area is 159 Å².